The molecule has 0 bridgehead atoms. The summed E-state index contributed by atoms with van der Waals surface area (Å²) in [6.45, 7) is 6.87. The third-order valence-electron chi connectivity index (χ3n) is 4.99. The highest BCUT2D eigenvalue weighted by molar-refractivity contribution is 5.68. The molecule has 0 atom stereocenters. The van der Waals surface area contributed by atoms with Crippen LogP contribution in [-0.4, -0.2) is 33.1 Å². The van der Waals surface area contributed by atoms with E-state index in [1.54, 1.807) is 17.2 Å². The van der Waals surface area contributed by atoms with Gasteiger partial charge in [0.05, 0.1) is 12.2 Å². The Morgan fingerprint density at radius 1 is 1.16 bits per heavy atom. The Morgan fingerprint density at radius 2 is 1.94 bits per heavy atom. The van der Waals surface area contributed by atoms with E-state index in [4.69, 9.17) is 14.5 Å². The van der Waals surface area contributed by atoms with E-state index in [0.29, 0.717) is 37.7 Å². The molecule has 0 saturated heterocycles. The lowest BCUT2D eigenvalue weighted by Gasteiger charge is -2.30. The molecule has 7 heteroatoms. The fraction of sp³-hybridized carbons (Fsp3) is 0.320. The second-order valence-corrected chi connectivity index (χ2v) is 8.76. The number of carbonyl (C=O) groups is 1. The van der Waals surface area contributed by atoms with Crippen molar-refractivity contribution in [2.24, 2.45) is 0 Å². The van der Waals surface area contributed by atoms with Crippen molar-refractivity contribution in [3.8, 4) is 17.1 Å². The topological polar surface area (TPSA) is 64.5 Å². The van der Waals surface area contributed by atoms with Crippen LogP contribution in [0.25, 0.3) is 11.4 Å². The van der Waals surface area contributed by atoms with E-state index in [0.717, 1.165) is 22.4 Å². The zero-order valence-electron chi connectivity index (χ0n) is 18.5. The Bertz CT molecular complexity index is 1110. The summed E-state index contributed by atoms with van der Waals surface area (Å²) in [4.78, 5) is 23.2. The Hall–Kier alpha value is -3.48. The van der Waals surface area contributed by atoms with Gasteiger partial charge < -0.3 is 14.4 Å². The van der Waals surface area contributed by atoms with Crippen LogP contribution >= 0.6 is 0 Å². The number of rotatable bonds is 4. The Kier molecular flexibility index (Phi) is 6.08. The van der Waals surface area contributed by atoms with E-state index in [1.807, 2.05) is 51.1 Å². The highest BCUT2D eigenvalue weighted by atomic mass is 19.1. The van der Waals surface area contributed by atoms with Gasteiger partial charge in [-0.15, -0.1) is 0 Å². The molecule has 0 aliphatic carbocycles. The van der Waals surface area contributed by atoms with Crippen LogP contribution in [0.3, 0.4) is 0 Å². The number of amides is 1. The van der Waals surface area contributed by atoms with Gasteiger partial charge in [-0.25, -0.2) is 19.2 Å². The zero-order valence-corrected chi connectivity index (χ0v) is 18.5. The van der Waals surface area contributed by atoms with Crippen LogP contribution in [0.1, 0.15) is 37.6 Å². The largest absolute Gasteiger partial charge is 0.489 e. The summed E-state index contributed by atoms with van der Waals surface area (Å²) in [5.41, 5.74) is 3.00. The average Bonchev–Trinajstić information content (AvgIpc) is 2.76. The monoisotopic (exact) mass is 435 g/mol. The number of ether oxygens (including phenoxy) is 2. The van der Waals surface area contributed by atoms with Crippen molar-refractivity contribution in [3.63, 3.8) is 0 Å². The Morgan fingerprint density at radius 3 is 2.66 bits per heavy atom. The maximum Gasteiger partial charge on any atom is 0.410 e. The van der Waals surface area contributed by atoms with Gasteiger partial charge in [0.15, 0.2) is 5.82 Å². The lowest BCUT2D eigenvalue weighted by Crippen LogP contribution is -2.40. The van der Waals surface area contributed by atoms with Crippen LogP contribution in [0.15, 0.2) is 54.7 Å². The lowest BCUT2D eigenvalue weighted by atomic mass is 10.1. The van der Waals surface area contributed by atoms with Gasteiger partial charge in [0.1, 0.15) is 23.8 Å². The van der Waals surface area contributed by atoms with Crippen LogP contribution in [0.2, 0.25) is 0 Å². The smallest absolute Gasteiger partial charge is 0.410 e. The minimum Gasteiger partial charge on any atom is -0.489 e. The number of nitrogens with zero attached hydrogens (tertiary/aromatic N) is 3. The van der Waals surface area contributed by atoms with Gasteiger partial charge in [0.2, 0.25) is 0 Å². The van der Waals surface area contributed by atoms with Crippen molar-refractivity contribution >= 4 is 6.09 Å². The maximum absolute atomic E-state index is 13.3. The molecule has 0 fully saturated rings. The third kappa shape index (κ3) is 5.41. The van der Waals surface area contributed by atoms with Crippen LogP contribution in [-0.2, 0) is 24.3 Å². The molecule has 6 nitrogen and oxygen atoms in total. The summed E-state index contributed by atoms with van der Waals surface area (Å²) in [5, 5.41) is 0. The minimum absolute atomic E-state index is 0.278. The van der Waals surface area contributed by atoms with E-state index in [1.165, 1.54) is 12.1 Å². The quantitative estimate of drug-likeness (QED) is 0.567. The van der Waals surface area contributed by atoms with Crippen LogP contribution in [0.5, 0.6) is 5.75 Å². The molecule has 166 valence electrons. The van der Waals surface area contributed by atoms with Gasteiger partial charge >= 0.3 is 6.09 Å². The first-order chi connectivity index (χ1) is 15.3. The van der Waals surface area contributed by atoms with Gasteiger partial charge in [0, 0.05) is 30.3 Å². The Balaban J connectivity index is 1.40. The molecule has 2 heterocycles. The second-order valence-electron chi connectivity index (χ2n) is 8.76. The van der Waals surface area contributed by atoms with Gasteiger partial charge in [-0.1, -0.05) is 12.1 Å². The highest BCUT2D eigenvalue weighted by Crippen LogP contribution is 2.24. The summed E-state index contributed by atoms with van der Waals surface area (Å²) >= 11 is 0. The maximum atomic E-state index is 13.3. The normalized spacial score (nSPS) is 13.4. The second kappa shape index (κ2) is 8.94. The molecule has 1 aliphatic heterocycles. The predicted molar refractivity (Wildman–Crippen MR) is 119 cm³/mol. The summed E-state index contributed by atoms with van der Waals surface area (Å²) in [7, 11) is 0. The van der Waals surface area contributed by atoms with Gasteiger partial charge in [0.25, 0.3) is 0 Å². The van der Waals surface area contributed by atoms with Gasteiger partial charge in [-0.2, -0.15) is 0 Å². The molecular weight excluding hydrogens is 409 g/mol. The standard InChI is InChI=1S/C25H26FN3O3/c1-25(2,3)32-24(30)29-12-11-22-19(15-29)14-27-23(28-22)18-7-9-21(10-8-18)31-16-17-5-4-6-20(26)13-17/h4-10,13-14H,11-12,15-16H2,1-3H3. The lowest BCUT2D eigenvalue weighted by molar-refractivity contribution is 0.0222. The summed E-state index contributed by atoms with van der Waals surface area (Å²) < 4.78 is 24.5. The molecule has 1 aliphatic rings. The first-order valence-electron chi connectivity index (χ1n) is 10.6. The fourth-order valence-electron chi connectivity index (χ4n) is 3.43. The van der Waals surface area contributed by atoms with Crippen molar-refractivity contribution in [1.29, 1.82) is 0 Å². The molecular formula is C25H26FN3O3. The van der Waals surface area contributed by atoms with Crippen LogP contribution in [0, 0.1) is 5.82 Å². The Labute approximate surface area is 187 Å². The summed E-state index contributed by atoms with van der Waals surface area (Å²) in [6, 6.07) is 13.9. The van der Waals surface area contributed by atoms with E-state index in [2.05, 4.69) is 4.98 Å². The predicted octanol–water partition coefficient (Wildman–Crippen LogP) is 5.15. The van der Waals surface area contributed by atoms with Crippen molar-refractivity contribution < 1.29 is 18.7 Å². The zero-order chi connectivity index (χ0) is 22.7. The molecule has 0 saturated carbocycles. The SMILES string of the molecule is CC(C)(C)OC(=O)N1CCc2nc(-c3ccc(OCc4cccc(F)c4)cc3)ncc2C1. The number of aromatic nitrogens is 2. The summed E-state index contributed by atoms with van der Waals surface area (Å²) in [6.07, 6.45) is 2.11. The molecule has 1 aromatic heterocycles. The molecule has 0 radical (unpaired) electrons. The van der Waals surface area contributed by atoms with Gasteiger partial charge in [-0.3, -0.25) is 0 Å². The third-order valence-corrected chi connectivity index (χ3v) is 4.99. The van der Waals surface area contributed by atoms with Crippen molar-refractivity contribution in [1.82, 2.24) is 14.9 Å². The molecule has 4 rings (SSSR count). The number of benzene rings is 2. The van der Waals surface area contributed by atoms with E-state index >= 15 is 0 Å². The minimum atomic E-state index is -0.523. The first kappa shape index (κ1) is 21.7. The van der Waals surface area contributed by atoms with Crippen LogP contribution in [0.4, 0.5) is 9.18 Å². The molecule has 0 unspecified atom stereocenters. The summed E-state index contributed by atoms with van der Waals surface area (Å²) in [5.74, 6) is 1.04. The molecule has 0 spiro atoms. The molecule has 3 aromatic rings. The average molecular weight is 435 g/mol. The first-order valence-corrected chi connectivity index (χ1v) is 10.6. The van der Waals surface area contributed by atoms with E-state index in [-0.39, 0.29) is 11.9 Å². The number of carbonyl (C=O) groups excluding carboxylic acids is 1. The van der Waals surface area contributed by atoms with Gasteiger partial charge in [-0.05, 0) is 62.7 Å². The van der Waals surface area contributed by atoms with Crippen LogP contribution < -0.4 is 4.74 Å². The van der Waals surface area contributed by atoms with Crippen molar-refractivity contribution in [2.45, 2.75) is 45.9 Å². The molecule has 0 N–H and O–H groups in total. The van der Waals surface area contributed by atoms with E-state index in [9.17, 15) is 9.18 Å². The molecule has 2 aromatic carbocycles. The molecule has 1 amide bonds. The van der Waals surface area contributed by atoms with Crippen molar-refractivity contribution in [2.75, 3.05) is 6.54 Å². The van der Waals surface area contributed by atoms with E-state index < -0.39 is 5.60 Å². The number of halogens is 1. The number of hydrogen-bond donors (Lipinski definition) is 0. The number of fused-ring (bicyclic) bond motifs is 1. The highest BCUT2D eigenvalue weighted by Gasteiger charge is 2.26. The number of hydrogen-bond acceptors (Lipinski definition) is 5. The van der Waals surface area contributed by atoms with Crippen molar-refractivity contribution in [3.05, 3.63) is 77.4 Å². The fourth-order valence-corrected chi connectivity index (χ4v) is 3.43. The molecule has 32 heavy (non-hydrogen) atoms.